The van der Waals surface area contributed by atoms with Crippen molar-refractivity contribution >= 4 is 29.4 Å². The van der Waals surface area contributed by atoms with Crippen molar-refractivity contribution in [1.82, 2.24) is 9.99 Å². The Hall–Kier alpha value is -3.38. The second-order valence-corrected chi connectivity index (χ2v) is 7.38. The highest BCUT2D eigenvalue weighted by Crippen LogP contribution is 2.14. The van der Waals surface area contributed by atoms with Crippen molar-refractivity contribution in [3.8, 4) is 0 Å². The Kier molecular flexibility index (Phi) is 7.62. The molecule has 0 atom stereocenters. The number of nitrogens with one attached hydrogen (secondary N) is 1. The Morgan fingerprint density at radius 1 is 1.06 bits per heavy atom. The molecule has 0 aliphatic heterocycles. The highest BCUT2D eigenvalue weighted by atomic mass is 35.5. The highest BCUT2D eigenvalue weighted by Gasteiger charge is 2.11. The minimum Gasteiger partial charge on any atom is -0.372 e. The van der Waals surface area contributed by atoms with Crippen molar-refractivity contribution in [3.63, 3.8) is 0 Å². The summed E-state index contributed by atoms with van der Waals surface area (Å²) < 4.78 is 1.48. The fourth-order valence-corrected chi connectivity index (χ4v) is 3.33. The summed E-state index contributed by atoms with van der Waals surface area (Å²) in [5.41, 5.74) is 4.99. The van der Waals surface area contributed by atoms with E-state index in [-0.39, 0.29) is 11.1 Å². The molecule has 0 fully saturated rings. The normalized spacial score (nSPS) is 10.9. The SMILES string of the molecule is CCN(CC)c1ccc(/C=N\NC(=O)c2cccn(Cc3ccc(Cl)cc3)c2=O)cc1. The molecule has 3 rings (SSSR count). The molecular formula is C24H25ClN4O2. The van der Waals surface area contributed by atoms with E-state index in [0.717, 1.165) is 29.9 Å². The van der Waals surface area contributed by atoms with Crippen LogP contribution in [0.1, 0.15) is 35.3 Å². The number of pyridine rings is 1. The van der Waals surface area contributed by atoms with E-state index < -0.39 is 5.91 Å². The molecule has 3 aromatic rings. The van der Waals surface area contributed by atoms with Crippen LogP contribution in [0.15, 0.2) is 76.8 Å². The summed E-state index contributed by atoms with van der Waals surface area (Å²) in [6.45, 7) is 6.45. The van der Waals surface area contributed by atoms with Crippen LogP contribution in [0, 0.1) is 0 Å². The first-order chi connectivity index (χ1) is 15.0. The maximum atomic E-state index is 12.7. The van der Waals surface area contributed by atoms with Gasteiger partial charge < -0.3 is 9.47 Å². The third kappa shape index (κ3) is 5.83. The van der Waals surface area contributed by atoms with Crippen LogP contribution < -0.4 is 15.9 Å². The zero-order valence-corrected chi connectivity index (χ0v) is 18.3. The molecule has 6 nitrogen and oxygen atoms in total. The Morgan fingerprint density at radius 2 is 1.74 bits per heavy atom. The van der Waals surface area contributed by atoms with Crippen molar-refractivity contribution in [2.24, 2.45) is 5.10 Å². The number of hydrogen-bond donors (Lipinski definition) is 1. The number of benzene rings is 2. The monoisotopic (exact) mass is 436 g/mol. The van der Waals surface area contributed by atoms with Crippen molar-refractivity contribution in [3.05, 3.63) is 98.9 Å². The number of rotatable bonds is 8. The Bertz CT molecular complexity index is 1100. The molecular weight excluding hydrogens is 412 g/mol. The van der Waals surface area contributed by atoms with Gasteiger partial charge in [-0.2, -0.15) is 5.10 Å². The van der Waals surface area contributed by atoms with Crippen molar-refractivity contribution in [1.29, 1.82) is 0 Å². The third-order valence-corrected chi connectivity index (χ3v) is 5.18. The predicted octanol–water partition coefficient (Wildman–Crippen LogP) is 4.16. The van der Waals surface area contributed by atoms with E-state index in [0.29, 0.717) is 11.6 Å². The number of amides is 1. The average Bonchev–Trinajstić information content (AvgIpc) is 2.78. The average molecular weight is 437 g/mol. The fourth-order valence-electron chi connectivity index (χ4n) is 3.21. The summed E-state index contributed by atoms with van der Waals surface area (Å²) in [5, 5.41) is 4.63. The zero-order chi connectivity index (χ0) is 22.2. The number of aromatic nitrogens is 1. The molecule has 160 valence electrons. The quantitative estimate of drug-likeness (QED) is 0.426. The number of anilines is 1. The van der Waals surface area contributed by atoms with E-state index in [1.165, 1.54) is 10.6 Å². The van der Waals surface area contributed by atoms with Gasteiger partial charge in [-0.3, -0.25) is 9.59 Å². The van der Waals surface area contributed by atoms with Crippen LogP contribution in [0.2, 0.25) is 5.02 Å². The van der Waals surface area contributed by atoms with Gasteiger partial charge in [0.05, 0.1) is 12.8 Å². The first-order valence-corrected chi connectivity index (χ1v) is 10.5. The van der Waals surface area contributed by atoms with Gasteiger partial charge in [0.1, 0.15) is 5.56 Å². The number of nitrogens with zero attached hydrogens (tertiary/aromatic N) is 3. The smallest absolute Gasteiger partial charge is 0.276 e. The second-order valence-electron chi connectivity index (χ2n) is 6.94. The largest absolute Gasteiger partial charge is 0.372 e. The van der Waals surface area contributed by atoms with Gasteiger partial charge in [0.2, 0.25) is 0 Å². The van der Waals surface area contributed by atoms with Gasteiger partial charge in [0.15, 0.2) is 0 Å². The van der Waals surface area contributed by atoms with E-state index in [9.17, 15) is 9.59 Å². The predicted molar refractivity (Wildman–Crippen MR) is 126 cm³/mol. The van der Waals surface area contributed by atoms with Gasteiger partial charge in [-0.05, 0) is 61.4 Å². The molecule has 0 saturated heterocycles. The molecule has 2 aromatic carbocycles. The molecule has 0 aliphatic carbocycles. The maximum Gasteiger partial charge on any atom is 0.276 e. The minimum atomic E-state index is -0.550. The van der Waals surface area contributed by atoms with Crippen molar-refractivity contribution in [2.45, 2.75) is 20.4 Å². The van der Waals surface area contributed by atoms with Crippen LogP contribution in [-0.4, -0.2) is 29.8 Å². The van der Waals surface area contributed by atoms with E-state index >= 15 is 0 Å². The van der Waals surface area contributed by atoms with Crippen molar-refractivity contribution in [2.75, 3.05) is 18.0 Å². The third-order valence-electron chi connectivity index (χ3n) is 4.93. The van der Waals surface area contributed by atoms with Crippen LogP contribution in [0.25, 0.3) is 0 Å². The number of hydrazone groups is 1. The highest BCUT2D eigenvalue weighted by molar-refractivity contribution is 6.30. The summed E-state index contributed by atoms with van der Waals surface area (Å²) in [6.07, 6.45) is 3.20. The Balaban J connectivity index is 1.66. The Labute approximate surface area is 186 Å². The molecule has 31 heavy (non-hydrogen) atoms. The molecule has 1 amide bonds. The van der Waals surface area contributed by atoms with E-state index in [1.54, 1.807) is 30.6 Å². The first-order valence-electron chi connectivity index (χ1n) is 10.1. The lowest BCUT2D eigenvalue weighted by Gasteiger charge is -2.20. The molecule has 0 spiro atoms. The van der Waals surface area contributed by atoms with Crippen LogP contribution in [0.5, 0.6) is 0 Å². The maximum absolute atomic E-state index is 12.7. The summed E-state index contributed by atoms with van der Waals surface area (Å²) >= 11 is 5.90. The summed E-state index contributed by atoms with van der Waals surface area (Å²) in [7, 11) is 0. The zero-order valence-electron chi connectivity index (χ0n) is 17.6. The molecule has 0 aliphatic rings. The van der Waals surface area contributed by atoms with Gasteiger partial charge in [0, 0.05) is 30.0 Å². The summed E-state index contributed by atoms with van der Waals surface area (Å²) in [4.78, 5) is 27.4. The lowest BCUT2D eigenvalue weighted by atomic mass is 10.2. The Morgan fingerprint density at radius 3 is 2.39 bits per heavy atom. The molecule has 0 bridgehead atoms. The fraction of sp³-hybridized carbons (Fsp3) is 0.208. The van der Waals surface area contributed by atoms with Gasteiger partial charge in [-0.25, -0.2) is 5.43 Å². The second kappa shape index (κ2) is 10.6. The summed E-state index contributed by atoms with van der Waals surface area (Å²) in [6, 6.07) is 18.3. The van der Waals surface area contributed by atoms with Gasteiger partial charge in [-0.15, -0.1) is 0 Å². The molecule has 0 unspecified atom stereocenters. The lowest BCUT2D eigenvalue weighted by Crippen LogP contribution is -2.30. The molecule has 0 saturated carbocycles. The lowest BCUT2D eigenvalue weighted by molar-refractivity contribution is 0.0953. The van der Waals surface area contributed by atoms with E-state index in [4.69, 9.17) is 11.6 Å². The van der Waals surface area contributed by atoms with Crippen LogP contribution >= 0.6 is 11.6 Å². The topological polar surface area (TPSA) is 66.7 Å². The number of carbonyl (C=O) groups excluding carboxylic acids is 1. The number of halogens is 1. The van der Waals surface area contributed by atoms with Gasteiger partial charge >= 0.3 is 0 Å². The molecule has 1 N–H and O–H groups in total. The molecule has 1 heterocycles. The molecule has 1 aromatic heterocycles. The van der Waals surface area contributed by atoms with Gasteiger partial charge in [-0.1, -0.05) is 35.9 Å². The van der Waals surface area contributed by atoms with Gasteiger partial charge in [0.25, 0.3) is 11.5 Å². The minimum absolute atomic E-state index is 0.0329. The van der Waals surface area contributed by atoms with Crippen LogP contribution in [0.3, 0.4) is 0 Å². The standard InChI is InChI=1S/C24H25ClN4O2/c1-3-28(4-2)21-13-9-18(10-14-21)16-26-27-23(30)22-6-5-15-29(24(22)31)17-19-7-11-20(25)12-8-19/h5-16H,3-4,17H2,1-2H3,(H,27,30)/b26-16-. The van der Waals surface area contributed by atoms with Crippen molar-refractivity contribution < 1.29 is 4.79 Å². The van der Waals surface area contributed by atoms with Crippen LogP contribution in [0.4, 0.5) is 5.69 Å². The van der Waals surface area contributed by atoms with E-state index in [2.05, 4.69) is 29.3 Å². The number of hydrogen-bond acceptors (Lipinski definition) is 4. The number of carbonyl (C=O) groups is 1. The van der Waals surface area contributed by atoms with Crippen LogP contribution in [-0.2, 0) is 6.54 Å². The molecule has 7 heteroatoms. The van der Waals surface area contributed by atoms with E-state index in [1.807, 2.05) is 36.4 Å². The molecule has 0 radical (unpaired) electrons. The first kappa shape index (κ1) is 22.3. The summed E-state index contributed by atoms with van der Waals surface area (Å²) in [5.74, 6) is -0.550.